The first-order valence-electron chi connectivity index (χ1n) is 8.39. The van der Waals surface area contributed by atoms with Crippen LogP contribution in [0.3, 0.4) is 0 Å². The molecule has 8 nitrogen and oxygen atoms in total. The Morgan fingerprint density at radius 1 is 1.29 bits per heavy atom. The zero-order chi connectivity index (χ0) is 17.1. The number of ether oxygens (including phenoxy) is 1. The molecule has 1 saturated carbocycles. The van der Waals surface area contributed by atoms with Gasteiger partial charge in [-0.05, 0) is 26.7 Å². The normalized spacial score (nSPS) is 20.3. The molecule has 0 bridgehead atoms. The van der Waals surface area contributed by atoms with Gasteiger partial charge in [0.1, 0.15) is 17.4 Å². The van der Waals surface area contributed by atoms with E-state index in [0.717, 1.165) is 48.1 Å². The fourth-order valence-electron chi connectivity index (χ4n) is 3.13. The Labute approximate surface area is 141 Å². The minimum Gasteiger partial charge on any atom is -0.383 e. The lowest BCUT2D eigenvalue weighted by Crippen LogP contribution is -2.36. The highest BCUT2D eigenvalue weighted by Gasteiger charge is 2.32. The first-order chi connectivity index (χ1) is 11.6. The Morgan fingerprint density at radius 2 is 2.08 bits per heavy atom. The molecule has 1 fully saturated rings. The number of aryl methyl sites for hydroxylation is 2. The molecule has 1 aliphatic carbocycles. The van der Waals surface area contributed by atoms with Crippen LogP contribution in [-0.4, -0.2) is 39.7 Å². The van der Waals surface area contributed by atoms with Gasteiger partial charge in [-0.25, -0.2) is 0 Å². The third-order valence-corrected chi connectivity index (χ3v) is 4.68. The number of methoxy groups -OCH3 is 1. The third kappa shape index (κ3) is 3.50. The van der Waals surface area contributed by atoms with E-state index in [9.17, 15) is 0 Å². The molecule has 2 aromatic rings. The van der Waals surface area contributed by atoms with E-state index in [0.29, 0.717) is 31.7 Å². The van der Waals surface area contributed by atoms with E-state index in [1.54, 1.807) is 7.11 Å². The van der Waals surface area contributed by atoms with E-state index in [1.165, 1.54) is 0 Å². The second-order valence-corrected chi connectivity index (χ2v) is 6.45. The van der Waals surface area contributed by atoms with Crippen molar-refractivity contribution in [1.82, 2.24) is 25.2 Å². The molecule has 0 atom stereocenters. The number of nitrogens with zero attached hydrogens (tertiary/aromatic N) is 4. The molecule has 3 rings (SSSR count). The summed E-state index contributed by atoms with van der Waals surface area (Å²) in [5, 5.41) is 16.2. The first-order valence-corrected chi connectivity index (χ1v) is 8.39. The average molecular weight is 334 g/mol. The maximum Gasteiger partial charge on any atom is 0.147 e. The first kappa shape index (κ1) is 17.1. The molecule has 3 N–H and O–H groups in total. The van der Waals surface area contributed by atoms with Crippen molar-refractivity contribution in [2.24, 2.45) is 5.73 Å². The fourth-order valence-corrected chi connectivity index (χ4v) is 3.13. The van der Waals surface area contributed by atoms with Gasteiger partial charge in [-0.15, -0.1) is 10.2 Å². The molecule has 2 heterocycles. The maximum absolute atomic E-state index is 5.92. The third-order valence-electron chi connectivity index (χ3n) is 4.68. The van der Waals surface area contributed by atoms with Gasteiger partial charge < -0.3 is 24.9 Å². The van der Waals surface area contributed by atoms with Gasteiger partial charge in [0.25, 0.3) is 0 Å². The molecule has 8 heteroatoms. The van der Waals surface area contributed by atoms with Gasteiger partial charge in [0.15, 0.2) is 0 Å². The van der Waals surface area contributed by atoms with Crippen molar-refractivity contribution in [3.8, 4) is 0 Å². The van der Waals surface area contributed by atoms with Gasteiger partial charge >= 0.3 is 0 Å². The summed E-state index contributed by atoms with van der Waals surface area (Å²) in [5.41, 5.74) is 7.94. The molecular formula is C16H26N6O2. The predicted octanol–water partition coefficient (Wildman–Crippen LogP) is 1.02. The van der Waals surface area contributed by atoms with E-state index in [4.69, 9.17) is 15.0 Å². The molecular weight excluding hydrogens is 308 g/mol. The lowest BCUT2D eigenvalue weighted by molar-refractivity contribution is 0.183. The Kier molecular flexibility index (Phi) is 5.27. The molecule has 0 amide bonds. The van der Waals surface area contributed by atoms with E-state index in [-0.39, 0.29) is 0 Å². The highest BCUT2D eigenvalue weighted by molar-refractivity contribution is 5.20. The quantitative estimate of drug-likeness (QED) is 0.743. The van der Waals surface area contributed by atoms with Crippen LogP contribution in [0.25, 0.3) is 0 Å². The van der Waals surface area contributed by atoms with Gasteiger partial charge in [-0.1, -0.05) is 5.16 Å². The van der Waals surface area contributed by atoms with Crippen LogP contribution in [0.5, 0.6) is 0 Å². The van der Waals surface area contributed by atoms with Crippen LogP contribution in [0.2, 0.25) is 0 Å². The zero-order valence-electron chi connectivity index (χ0n) is 14.6. The summed E-state index contributed by atoms with van der Waals surface area (Å²) < 4.78 is 12.6. The number of hydrogen-bond donors (Lipinski definition) is 2. The Bertz CT molecular complexity index is 655. The van der Waals surface area contributed by atoms with Crippen LogP contribution in [0.15, 0.2) is 4.52 Å². The number of nitrogens with two attached hydrogens (primary N) is 1. The Morgan fingerprint density at radius 3 is 2.71 bits per heavy atom. The molecule has 1 aliphatic rings. The van der Waals surface area contributed by atoms with Crippen molar-refractivity contribution >= 4 is 0 Å². The maximum atomic E-state index is 5.92. The Hall–Kier alpha value is -1.77. The summed E-state index contributed by atoms with van der Waals surface area (Å²) in [5.74, 6) is 3.22. The van der Waals surface area contributed by atoms with Crippen molar-refractivity contribution in [1.29, 1.82) is 0 Å². The van der Waals surface area contributed by atoms with Gasteiger partial charge in [0.2, 0.25) is 0 Å². The molecule has 24 heavy (non-hydrogen) atoms. The topological polar surface area (TPSA) is 104 Å². The van der Waals surface area contributed by atoms with Crippen LogP contribution < -0.4 is 11.1 Å². The highest BCUT2D eigenvalue weighted by atomic mass is 16.5. The van der Waals surface area contributed by atoms with Crippen molar-refractivity contribution < 1.29 is 9.26 Å². The summed E-state index contributed by atoms with van der Waals surface area (Å²) in [6, 6.07) is 0.295. The van der Waals surface area contributed by atoms with Crippen LogP contribution in [0, 0.1) is 13.8 Å². The molecule has 0 saturated heterocycles. The van der Waals surface area contributed by atoms with Crippen LogP contribution in [0.4, 0.5) is 0 Å². The van der Waals surface area contributed by atoms with E-state index < -0.39 is 0 Å². The lowest BCUT2D eigenvalue weighted by Gasteiger charge is -2.31. The SMILES string of the molecule is COCCn1c(CNCc2c(C)noc2C)nnc1C1CC(N)C1. The monoisotopic (exact) mass is 334 g/mol. The second-order valence-electron chi connectivity index (χ2n) is 6.45. The number of aromatic nitrogens is 4. The minimum atomic E-state index is 0.295. The minimum absolute atomic E-state index is 0.295. The number of nitrogens with one attached hydrogen (secondary N) is 1. The summed E-state index contributed by atoms with van der Waals surface area (Å²) >= 11 is 0. The average Bonchev–Trinajstić information content (AvgIpc) is 3.07. The van der Waals surface area contributed by atoms with Crippen LogP contribution in [-0.2, 0) is 24.4 Å². The van der Waals surface area contributed by atoms with E-state index in [2.05, 4.69) is 25.2 Å². The van der Waals surface area contributed by atoms with E-state index >= 15 is 0 Å². The Balaban J connectivity index is 1.66. The molecule has 0 unspecified atom stereocenters. The molecule has 2 aromatic heterocycles. The summed E-state index contributed by atoms with van der Waals surface area (Å²) in [6.45, 7) is 6.61. The van der Waals surface area contributed by atoms with Crippen LogP contribution in [0.1, 0.15) is 47.4 Å². The van der Waals surface area contributed by atoms with Crippen molar-refractivity contribution in [2.45, 2.75) is 58.3 Å². The zero-order valence-corrected chi connectivity index (χ0v) is 14.6. The lowest BCUT2D eigenvalue weighted by atomic mass is 9.80. The largest absolute Gasteiger partial charge is 0.383 e. The summed E-state index contributed by atoms with van der Waals surface area (Å²) in [6.07, 6.45) is 1.97. The number of rotatable bonds is 8. The standard InChI is InChI=1S/C16H26N6O2/c1-10-14(11(2)24-21-10)8-18-9-15-19-20-16(12-6-13(17)7-12)22(15)4-5-23-3/h12-13,18H,4-9,17H2,1-3H3. The van der Waals surface area contributed by atoms with Crippen LogP contribution >= 0.6 is 0 Å². The van der Waals surface area contributed by atoms with Gasteiger partial charge in [0.05, 0.1) is 18.8 Å². The van der Waals surface area contributed by atoms with Gasteiger partial charge in [-0.3, -0.25) is 0 Å². The highest BCUT2D eigenvalue weighted by Crippen LogP contribution is 2.34. The smallest absolute Gasteiger partial charge is 0.147 e. The number of hydrogen-bond acceptors (Lipinski definition) is 7. The summed E-state index contributed by atoms with van der Waals surface area (Å²) in [4.78, 5) is 0. The molecule has 0 aromatic carbocycles. The van der Waals surface area contributed by atoms with Gasteiger partial charge in [-0.2, -0.15) is 0 Å². The molecule has 0 spiro atoms. The second kappa shape index (κ2) is 7.42. The predicted molar refractivity (Wildman–Crippen MR) is 88.4 cm³/mol. The molecule has 0 radical (unpaired) electrons. The van der Waals surface area contributed by atoms with Crippen molar-refractivity contribution in [3.05, 3.63) is 28.7 Å². The summed E-state index contributed by atoms with van der Waals surface area (Å²) in [7, 11) is 1.71. The molecule has 132 valence electrons. The fraction of sp³-hybridized carbons (Fsp3) is 0.688. The van der Waals surface area contributed by atoms with Crippen molar-refractivity contribution in [2.75, 3.05) is 13.7 Å². The van der Waals surface area contributed by atoms with Gasteiger partial charge in [0, 0.05) is 37.7 Å². The molecule has 0 aliphatic heterocycles. The van der Waals surface area contributed by atoms with Crippen molar-refractivity contribution in [3.63, 3.8) is 0 Å². The van der Waals surface area contributed by atoms with E-state index in [1.807, 2.05) is 13.8 Å².